The van der Waals surface area contributed by atoms with Crippen molar-refractivity contribution >= 4 is 17.7 Å². The lowest BCUT2D eigenvalue weighted by atomic mass is 10.2. The van der Waals surface area contributed by atoms with E-state index in [1.54, 1.807) is 0 Å². The Hall–Kier alpha value is -1.57. The molecule has 0 saturated carbocycles. The molecule has 0 spiro atoms. The molecule has 92 valence electrons. The van der Waals surface area contributed by atoms with Crippen LogP contribution in [0.15, 0.2) is 60.7 Å². The second kappa shape index (κ2) is 7.00. The predicted molar refractivity (Wildman–Crippen MR) is 78.6 cm³/mol. The van der Waals surface area contributed by atoms with Gasteiger partial charge in [0.1, 0.15) is 0 Å². The maximum absolute atomic E-state index is 6.07. The second-order valence-corrected chi connectivity index (χ2v) is 4.44. The van der Waals surface area contributed by atoms with Gasteiger partial charge in [-0.15, -0.1) is 0 Å². The van der Waals surface area contributed by atoms with Crippen LogP contribution in [-0.2, 0) is 6.54 Å². The van der Waals surface area contributed by atoms with Crippen molar-refractivity contribution in [2.75, 3.05) is 6.54 Å². The van der Waals surface area contributed by atoms with Crippen LogP contribution in [0.1, 0.15) is 11.1 Å². The van der Waals surface area contributed by atoms with Crippen molar-refractivity contribution in [3.8, 4) is 0 Å². The second-order valence-electron chi connectivity index (χ2n) is 4.04. The molecule has 0 radical (unpaired) electrons. The van der Waals surface area contributed by atoms with E-state index in [-0.39, 0.29) is 0 Å². The minimum atomic E-state index is 0.790. The average Bonchev–Trinajstić information content (AvgIpc) is 2.42. The Bertz CT molecular complexity index is 506. The number of halogens is 1. The Morgan fingerprint density at radius 1 is 0.944 bits per heavy atom. The Kier molecular flexibility index (Phi) is 5.00. The lowest BCUT2D eigenvalue weighted by Gasteiger charge is -2.03. The fraction of sp³-hybridized carbons (Fsp3) is 0.125. The molecule has 0 atom stereocenters. The van der Waals surface area contributed by atoms with E-state index in [0.717, 1.165) is 23.7 Å². The van der Waals surface area contributed by atoms with Crippen LogP contribution in [0.5, 0.6) is 0 Å². The lowest BCUT2D eigenvalue weighted by molar-refractivity contribution is 0.761. The maximum Gasteiger partial charge on any atom is 0.0450 e. The molecule has 2 heteroatoms. The fourth-order valence-electron chi connectivity index (χ4n) is 1.69. The van der Waals surface area contributed by atoms with Crippen molar-refractivity contribution in [2.24, 2.45) is 0 Å². The van der Waals surface area contributed by atoms with Crippen LogP contribution in [0.3, 0.4) is 0 Å². The van der Waals surface area contributed by atoms with Crippen molar-refractivity contribution in [3.63, 3.8) is 0 Å². The summed E-state index contributed by atoms with van der Waals surface area (Å²) in [7, 11) is 0. The van der Waals surface area contributed by atoms with Crippen LogP contribution >= 0.6 is 11.6 Å². The van der Waals surface area contributed by atoms with Gasteiger partial charge in [-0.2, -0.15) is 0 Å². The molecule has 0 aromatic heterocycles. The third-order valence-corrected chi connectivity index (χ3v) is 3.01. The van der Waals surface area contributed by atoms with Gasteiger partial charge >= 0.3 is 0 Å². The molecule has 0 aliphatic heterocycles. The number of hydrogen-bond donors (Lipinski definition) is 1. The highest BCUT2D eigenvalue weighted by molar-refractivity contribution is 6.31. The van der Waals surface area contributed by atoms with Crippen molar-refractivity contribution in [1.29, 1.82) is 0 Å². The van der Waals surface area contributed by atoms with Gasteiger partial charge in [0.2, 0.25) is 0 Å². The maximum atomic E-state index is 6.07. The van der Waals surface area contributed by atoms with Crippen LogP contribution in [0, 0.1) is 0 Å². The topological polar surface area (TPSA) is 12.0 Å². The zero-order valence-electron chi connectivity index (χ0n) is 10.1. The molecule has 0 amide bonds. The number of benzene rings is 2. The molecule has 0 unspecified atom stereocenters. The average molecular weight is 258 g/mol. The van der Waals surface area contributed by atoms with Crippen molar-refractivity contribution in [1.82, 2.24) is 5.32 Å². The van der Waals surface area contributed by atoms with E-state index in [0.29, 0.717) is 0 Å². The number of rotatable bonds is 5. The van der Waals surface area contributed by atoms with Crippen LogP contribution in [0.2, 0.25) is 5.02 Å². The van der Waals surface area contributed by atoms with Gasteiger partial charge in [-0.1, -0.05) is 72.3 Å². The number of hydrogen-bond acceptors (Lipinski definition) is 1. The van der Waals surface area contributed by atoms with E-state index in [2.05, 4.69) is 29.6 Å². The van der Waals surface area contributed by atoms with Gasteiger partial charge in [-0.25, -0.2) is 0 Å². The summed E-state index contributed by atoms with van der Waals surface area (Å²) in [6, 6.07) is 18.2. The normalized spacial score (nSPS) is 10.9. The summed E-state index contributed by atoms with van der Waals surface area (Å²) in [4.78, 5) is 0. The van der Waals surface area contributed by atoms with Gasteiger partial charge in [0.25, 0.3) is 0 Å². The molecule has 0 aliphatic rings. The molecule has 0 bridgehead atoms. The summed E-state index contributed by atoms with van der Waals surface area (Å²) in [5.74, 6) is 0. The summed E-state index contributed by atoms with van der Waals surface area (Å²) in [6.45, 7) is 1.62. The lowest BCUT2D eigenvalue weighted by Crippen LogP contribution is -2.12. The molecule has 2 aromatic carbocycles. The zero-order chi connectivity index (χ0) is 12.6. The summed E-state index contributed by atoms with van der Waals surface area (Å²) in [5.41, 5.74) is 2.35. The zero-order valence-corrected chi connectivity index (χ0v) is 10.9. The van der Waals surface area contributed by atoms with Gasteiger partial charge in [0, 0.05) is 18.1 Å². The first kappa shape index (κ1) is 12.9. The third kappa shape index (κ3) is 4.02. The minimum absolute atomic E-state index is 0.790. The van der Waals surface area contributed by atoms with Crippen molar-refractivity contribution < 1.29 is 0 Å². The molecule has 0 aliphatic carbocycles. The van der Waals surface area contributed by atoms with E-state index in [9.17, 15) is 0 Å². The largest absolute Gasteiger partial charge is 0.309 e. The molecule has 1 N–H and O–H groups in total. The summed E-state index contributed by atoms with van der Waals surface area (Å²) in [6.07, 6.45) is 4.23. The van der Waals surface area contributed by atoms with Crippen LogP contribution < -0.4 is 5.32 Å². The fourth-order valence-corrected chi connectivity index (χ4v) is 1.89. The standard InChI is InChI=1S/C16H16ClN/c17-16-11-5-4-10-15(16)13-18-12-6-9-14-7-2-1-3-8-14/h1-11,18H,12-13H2/b9-6+. The van der Waals surface area contributed by atoms with Gasteiger partial charge < -0.3 is 5.32 Å². The molecule has 2 rings (SSSR count). The number of nitrogens with one attached hydrogen (secondary N) is 1. The minimum Gasteiger partial charge on any atom is -0.309 e. The molecular weight excluding hydrogens is 242 g/mol. The van der Waals surface area contributed by atoms with Gasteiger partial charge in [0.15, 0.2) is 0 Å². The highest BCUT2D eigenvalue weighted by Gasteiger charge is 1.96. The Morgan fingerprint density at radius 3 is 2.44 bits per heavy atom. The molecule has 0 heterocycles. The monoisotopic (exact) mass is 257 g/mol. The van der Waals surface area contributed by atoms with Gasteiger partial charge in [-0.3, -0.25) is 0 Å². The summed E-state index contributed by atoms with van der Waals surface area (Å²) >= 11 is 6.07. The smallest absolute Gasteiger partial charge is 0.0450 e. The van der Waals surface area contributed by atoms with Gasteiger partial charge in [0.05, 0.1) is 0 Å². The first-order chi connectivity index (χ1) is 8.86. The third-order valence-electron chi connectivity index (χ3n) is 2.65. The molecule has 1 nitrogen and oxygen atoms in total. The highest BCUT2D eigenvalue weighted by Crippen LogP contribution is 2.14. The van der Waals surface area contributed by atoms with Crippen molar-refractivity contribution in [2.45, 2.75) is 6.54 Å². The Morgan fingerprint density at radius 2 is 1.67 bits per heavy atom. The Balaban J connectivity index is 1.77. The predicted octanol–water partition coefficient (Wildman–Crippen LogP) is 4.14. The van der Waals surface area contributed by atoms with Gasteiger partial charge in [-0.05, 0) is 17.2 Å². The van der Waals surface area contributed by atoms with Crippen LogP contribution in [0.4, 0.5) is 0 Å². The molecular formula is C16H16ClN. The first-order valence-electron chi connectivity index (χ1n) is 6.02. The first-order valence-corrected chi connectivity index (χ1v) is 6.40. The van der Waals surface area contributed by atoms with E-state index < -0.39 is 0 Å². The highest BCUT2D eigenvalue weighted by atomic mass is 35.5. The summed E-state index contributed by atoms with van der Waals surface area (Å²) < 4.78 is 0. The SMILES string of the molecule is Clc1ccccc1CNC/C=C/c1ccccc1. The molecule has 0 saturated heterocycles. The van der Waals surface area contributed by atoms with E-state index in [4.69, 9.17) is 11.6 Å². The van der Waals surface area contributed by atoms with Crippen molar-refractivity contribution in [3.05, 3.63) is 76.8 Å². The van der Waals surface area contributed by atoms with E-state index in [1.807, 2.05) is 42.5 Å². The molecule has 18 heavy (non-hydrogen) atoms. The van der Waals surface area contributed by atoms with E-state index in [1.165, 1.54) is 5.56 Å². The van der Waals surface area contributed by atoms with Crippen LogP contribution in [0.25, 0.3) is 6.08 Å². The Labute approximate surface area is 113 Å². The molecule has 0 fully saturated rings. The quantitative estimate of drug-likeness (QED) is 0.794. The van der Waals surface area contributed by atoms with Crippen LogP contribution in [-0.4, -0.2) is 6.54 Å². The summed E-state index contributed by atoms with van der Waals surface area (Å²) in [5, 5.41) is 4.16. The van der Waals surface area contributed by atoms with E-state index >= 15 is 0 Å². The molecule has 2 aromatic rings.